The van der Waals surface area contributed by atoms with E-state index in [9.17, 15) is 9.59 Å². The van der Waals surface area contributed by atoms with E-state index in [2.05, 4.69) is 46.4 Å². The predicted octanol–water partition coefficient (Wildman–Crippen LogP) is 2.84. The molecule has 3 rings (SSSR count). The Bertz CT molecular complexity index is 814. The van der Waals surface area contributed by atoms with E-state index in [1.54, 1.807) is 6.08 Å². The van der Waals surface area contributed by atoms with Crippen molar-refractivity contribution >= 4 is 18.0 Å². The summed E-state index contributed by atoms with van der Waals surface area (Å²) in [5, 5.41) is 4.72. The summed E-state index contributed by atoms with van der Waals surface area (Å²) < 4.78 is 2.14. The maximum Gasteiger partial charge on any atom is 0.326 e. The molecule has 1 aliphatic rings. The number of aryl methyl sites for hydroxylation is 2. The minimum absolute atomic E-state index is 0.275. The molecule has 0 atom stereocenters. The first-order chi connectivity index (χ1) is 11.0. The lowest BCUT2D eigenvalue weighted by Gasteiger charge is -2.10. The van der Waals surface area contributed by atoms with Crippen molar-refractivity contribution in [3.8, 4) is 5.69 Å². The summed E-state index contributed by atoms with van der Waals surface area (Å²) in [5.74, 6) is -0.396. The monoisotopic (exact) mass is 309 g/mol. The minimum atomic E-state index is -0.481. The topological polar surface area (TPSA) is 63.1 Å². The van der Waals surface area contributed by atoms with Crippen LogP contribution in [0.15, 0.2) is 36.0 Å². The van der Waals surface area contributed by atoms with E-state index in [-0.39, 0.29) is 5.70 Å². The van der Waals surface area contributed by atoms with Crippen molar-refractivity contribution in [1.29, 1.82) is 0 Å². The Hall–Kier alpha value is -2.82. The molecule has 3 amide bonds. The number of nitrogens with one attached hydrogen (secondary N) is 2. The molecule has 0 aliphatic carbocycles. The first kappa shape index (κ1) is 15.1. The second-order valence-corrected chi connectivity index (χ2v) is 5.65. The van der Waals surface area contributed by atoms with Crippen LogP contribution in [-0.2, 0) is 11.2 Å². The maximum absolute atomic E-state index is 11.7. The zero-order chi connectivity index (χ0) is 16.6. The first-order valence-corrected chi connectivity index (χ1v) is 7.62. The molecule has 1 aromatic heterocycles. The van der Waals surface area contributed by atoms with Gasteiger partial charge in [0.1, 0.15) is 5.70 Å². The smallest absolute Gasteiger partial charge is 0.318 e. The second kappa shape index (κ2) is 5.76. The van der Waals surface area contributed by atoms with E-state index in [4.69, 9.17) is 0 Å². The summed E-state index contributed by atoms with van der Waals surface area (Å²) in [6, 6.07) is 9.96. The minimum Gasteiger partial charge on any atom is -0.318 e. The normalized spacial score (nSPS) is 15.9. The summed E-state index contributed by atoms with van der Waals surface area (Å²) in [7, 11) is 0. The highest BCUT2D eigenvalue weighted by Gasteiger charge is 2.23. The van der Waals surface area contributed by atoms with Gasteiger partial charge in [-0.25, -0.2) is 4.79 Å². The number of carbonyl (C=O) groups excluding carboxylic acids is 2. The molecule has 1 aromatic carbocycles. The van der Waals surface area contributed by atoms with Crippen LogP contribution in [0.1, 0.15) is 29.4 Å². The van der Waals surface area contributed by atoms with Gasteiger partial charge in [0, 0.05) is 17.1 Å². The van der Waals surface area contributed by atoms with Gasteiger partial charge < -0.3 is 9.88 Å². The van der Waals surface area contributed by atoms with Crippen molar-refractivity contribution < 1.29 is 9.59 Å². The van der Waals surface area contributed by atoms with Gasteiger partial charge in [-0.2, -0.15) is 0 Å². The maximum atomic E-state index is 11.7. The van der Waals surface area contributed by atoms with Gasteiger partial charge in [-0.05, 0) is 55.7 Å². The average molecular weight is 309 g/mol. The molecule has 1 saturated heterocycles. The third kappa shape index (κ3) is 2.77. The number of nitrogens with zero attached hydrogens (tertiary/aromatic N) is 1. The van der Waals surface area contributed by atoms with Crippen molar-refractivity contribution in [1.82, 2.24) is 15.2 Å². The molecule has 5 heteroatoms. The van der Waals surface area contributed by atoms with Gasteiger partial charge in [0.15, 0.2) is 0 Å². The van der Waals surface area contributed by atoms with Gasteiger partial charge in [-0.1, -0.05) is 19.1 Å². The average Bonchev–Trinajstić information content (AvgIpc) is 2.99. The van der Waals surface area contributed by atoms with Crippen LogP contribution >= 0.6 is 0 Å². The molecule has 0 saturated carbocycles. The Kier molecular flexibility index (Phi) is 3.78. The summed E-state index contributed by atoms with van der Waals surface area (Å²) in [6.45, 7) is 6.16. The van der Waals surface area contributed by atoms with E-state index < -0.39 is 11.9 Å². The Labute approximate surface area is 135 Å². The fourth-order valence-electron chi connectivity index (χ4n) is 2.85. The molecular formula is C18H19N3O2. The zero-order valence-corrected chi connectivity index (χ0v) is 13.4. The van der Waals surface area contributed by atoms with Crippen molar-refractivity contribution in [2.24, 2.45) is 0 Å². The summed E-state index contributed by atoms with van der Waals surface area (Å²) in [5.41, 5.74) is 5.66. The molecule has 118 valence electrons. The van der Waals surface area contributed by atoms with Crippen LogP contribution in [0, 0.1) is 13.8 Å². The number of amides is 3. The third-order valence-corrected chi connectivity index (χ3v) is 4.09. The Morgan fingerprint density at radius 1 is 1.09 bits per heavy atom. The van der Waals surface area contributed by atoms with E-state index in [0.29, 0.717) is 0 Å². The number of rotatable bonds is 3. The van der Waals surface area contributed by atoms with Crippen LogP contribution in [0.5, 0.6) is 0 Å². The molecule has 0 spiro atoms. The largest absolute Gasteiger partial charge is 0.326 e. The van der Waals surface area contributed by atoms with E-state index in [1.165, 1.54) is 5.56 Å². The van der Waals surface area contributed by atoms with Crippen molar-refractivity contribution in [2.45, 2.75) is 27.2 Å². The van der Waals surface area contributed by atoms with Gasteiger partial charge in [-0.3, -0.25) is 10.1 Å². The molecule has 2 heterocycles. The molecule has 1 fully saturated rings. The van der Waals surface area contributed by atoms with Crippen LogP contribution in [0.4, 0.5) is 4.79 Å². The summed E-state index contributed by atoms with van der Waals surface area (Å²) in [4.78, 5) is 22.9. The molecule has 1 aliphatic heterocycles. The van der Waals surface area contributed by atoms with E-state index in [0.717, 1.165) is 29.1 Å². The Balaban J connectivity index is 2.01. The SMILES string of the molecule is CCc1ccc(-n2c(C)cc(/C=C3/NC(=O)NC3=O)c2C)cc1. The quantitative estimate of drug-likeness (QED) is 0.676. The van der Waals surface area contributed by atoms with E-state index >= 15 is 0 Å². The van der Waals surface area contributed by atoms with Crippen molar-refractivity contribution in [3.63, 3.8) is 0 Å². The van der Waals surface area contributed by atoms with Crippen LogP contribution in [0.25, 0.3) is 11.8 Å². The van der Waals surface area contributed by atoms with Gasteiger partial charge in [0.25, 0.3) is 5.91 Å². The number of imide groups is 1. The van der Waals surface area contributed by atoms with Gasteiger partial charge in [-0.15, -0.1) is 0 Å². The fourth-order valence-corrected chi connectivity index (χ4v) is 2.85. The number of hydrogen-bond donors (Lipinski definition) is 2. The van der Waals surface area contributed by atoms with Gasteiger partial charge in [0.05, 0.1) is 0 Å². The van der Waals surface area contributed by atoms with E-state index in [1.807, 2.05) is 19.9 Å². The highest BCUT2D eigenvalue weighted by atomic mass is 16.2. The number of aromatic nitrogens is 1. The van der Waals surface area contributed by atoms with Crippen LogP contribution < -0.4 is 10.6 Å². The predicted molar refractivity (Wildman–Crippen MR) is 89.3 cm³/mol. The Morgan fingerprint density at radius 2 is 1.78 bits per heavy atom. The fraction of sp³-hybridized carbons (Fsp3) is 0.222. The molecule has 0 bridgehead atoms. The standard InChI is InChI=1S/C18H19N3O2/c1-4-13-5-7-15(8-6-13)21-11(2)9-14(12(21)3)10-16-17(22)20-18(23)19-16/h5-10H,4H2,1-3H3,(H2,19,20,22,23)/b16-10+. The summed E-state index contributed by atoms with van der Waals surface area (Å²) in [6.07, 6.45) is 2.72. The zero-order valence-electron chi connectivity index (χ0n) is 13.4. The lowest BCUT2D eigenvalue weighted by Crippen LogP contribution is -2.22. The second-order valence-electron chi connectivity index (χ2n) is 5.65. The van der Waals surface area contributed by atoms with Crippen molar-refractivity contribution in [3.05, 3.63) is 58.5 Å². The van der Waals surface area contributed by atoms with Crippen LogP contribution in [0.3, 0.4) is 0 Å². The molecule has 0 unspecified atom stereocenters. The highest BCUT2D eigenvalue weighted by molar-refractivity contribution is 6.14. The third-order valence-electron chi connectivity index (χ3n) is 4.09. The number of carbonyl (C=O) groups is 2. The number of benzene rings is 1. The van der Waals surface area contributed by atoms with Crippen LogP contribution in [0.2, 0.25) is 0 Å². The van der Waals surface area contributed by atoms with Crippen molar-refractivity contribution in [2.75, 3.05) is 0 Å². The summed E-state index contributed by atoms with van der Waals surface area (Å²) >= 11 is 0. The molecule has 2 aromatic rings. The lowest BCUT2D eigenvalue weighted by atomic mass is 10.1. The number of urea groups is 1. The molecule has 0 radical (unpaired) electrons. The molecule has 2 N–H and O–H groups in total. The number of hydrogen-bond acceptors (Lipinski definition) is 2. The highest BCUT2D eigenvalue weighted by Crippen LogP contribution is 2.23. The molecular weight excluding hydrogens is 290 g/mol. The first-order valence-electron chi connectivity index (χ1n) is 7.62. The van der Waals surface area contributed by atoms with Crippen LogP contribution in [-0.4, -0.2) is 16.5 Å². The van der Waals surface area contributed by atoms with Gasteiger partial charge >= 0.3 is 6.03 Å². The molecule has 5 nitrogen and oxygen atoms in total. The molecule has 23 heavy (non-hydrogen) atoms. The van der Waals surface area contributed by atoms with Gasteiger partial charge in [0.2, 0.25) is 0 Å². The lowest BCUT2D eigenvalue weighted by molar-refractivity contribution is -0.115. The Morgan fingerprint density at radius 3 is 2.35 bits per heavy atom.